The summed E-state index contributed by atoms with van der Waals surface area (Å²) in [5.41, 5.74) is 2.99. The average molecular weight is 477 g/mol. The van der Waals surface area contributed by atoms with Crippen LogP contribution >= 0.6 is 0 Å². The summed E-state index contributed by atoms with van der Waals surface area (Å²) in [5, 5.41) is 10.3. The molecule has 1 fully saturated rings. The molecule has 3 aromatic rings. The number of hydrogen-bond acceptors (Lipinski definition) is 6. The number of methoxy groups -OCH3 is 1. The third-order valence-electron chi connectivity index (χ3n) is 5.79. The van der Waals surface area contributed by atoms with Crippen LogP contribution in [-0.2, 0) is 6.18 Å². The Balaban J connectivity index is 1.52. The summed E-state index contributed by atoms with van der Waals surface area (Å²) in [6.45, 7) is 4.95. The number of fused-ring (bicyclic) bond motifs is 1. The molecule has 8 nitrogen and oxygen atoms in total. The molecule has 0 bridgehead atoms. The Morgan fingerprint density at radius 2 is 2.00 bits per heavy atom. The van der Waals surface area contributed by atoms with Crippen molar-refractivity contribution in [1.29, 1.82) is 0 Å². The lowest BCUT2D eigenvalue weighted by Gasteiger charge is -2.32. The minimum absolute atomic E-state index is 0.255. The Bertz CT molecular complexity index is 1160. The smallest absolute Gasteiger partial charge is 0.433 e. The summed E-state index contributed by atoms with van der Waals surface area (Å²) >= 11 is 0. The van der Waals surface area contributed by atoms with Crippen LogP contribution in [0.2, 0.25) is 0 Å². The van der Waals surface area contributed by atoms with Gasteiger partial charge in [0.15, 0.2) is 0 Å². The van der Waals surface area contributed by atoms with Crippen LogP contribution in [0.5, 0.6) is 5.75 Å². The van der Waals surface area contributed by atoms with Crippen LogP contribution in [-0.4, -0.2) is 52.4 Å². The maximum absolute atomic E-state index is 13.0. The Kier molecular flexibility index (Phi) is 7.03. The van der Waals surface area contributed by atoms with Gasteiger partial charge in [0.25, 0.3) is 5.91 Å². The molecule has 182 valence electrons. The van der Waals surface area contributed by atoms with Crippen LogP contribution in [0.15, 0.2) is 36.5 Å². The first-order valence-electron chi connectivity index (χ1n) is 11.2. The molecule has 1 saturated heterocycles. The molecule has 2 aromatic heterocycles. The number of carbonyl (C=O) groups is 1. The zero-order valence-corrected chi connectivity index (χ0v) is 19.0. The van der Waals surface area contributed by atoms with Gasteiger partial charge >= 0.3 is 6.18 Å². The van der Waals surface area contributed by atoms with Gasteiger partial charge in [0, 0.05) is 37.3 Å². The Morgan fingerprint density at radius 3 is 2.68 bits per heavy atom. The van der Waals surface area contributed by atoms with Crippen molar-refractivity contribution in [3.05, 3.63) is 47.9 Å². The third-order valence-corrected chi connectivity index (χ3v) is 5.79. The van der Waals surface area contributed by atoms with E-state index in [1.165, 1.54) is 13.2 Å². The zero-order chi connectivity index (χ0) is 24.3. The van der Waals surface area contributed by atoms with Gasteiger partial charge in [-0.1, -0.05) is 13.0 Å². The summed E-state index contributed by atoms with van der Waals surface area (Å²) in [4.78, 5) is 16.1. The normalized spacial score (nSPS) is 15.6. The van der Waals surface area contributed by atoms with Crippen molar-refractivity contribution in [3.63, 3.8) is 0 Å². The van der Waals surface area contributed by atoms with E-state index in [9.17, 15) is 18.0 Å². The lowest BCUT2D eigenvalue weighted by Crippen LogP contribution is -2.44. The number of aromatic nitrogens is 3. The largest absolute Gasteiger partial charge is 0.494 e. The minimum atomic E-state index is -4.64. The van der Waals surface area contributed by atoms with Crippen LogP contribution in [0, 0.1) is 0 Å². The summed E-state index contributed by atoms with van der Waals surface area (Å²) < 4.78 is 46.2. The molecular weight excluding hydrogens is 449 g/mol. The molecule has 2 N–H and O–H groups in total. The maximum atomic E-state index is 13.0. The predicted molar refractivity (Wildman–Crippen MR) is 122 cm³/mol. The van der Waals surface area contributed by atoms with E-state index >= 15 is 0 Å². The number of nitrogens with zero attached hydrogens (tertiary/aromatic N) is 4. The molecule has 11 heteroatoms. The van der Waals surface area contributed by atoms with Gasteiger partial charge < -0.3 is 10.1 Å². The second kappa shape index (κ2) is 9.98. The van der Waals surface area contributed by atoms with E-state index in [1.54, 1.807) is 12.1 Å². The molecule has 1 aliphatic heterocycles. The van der Waals surface area contributed by atoms with E-state index in [-0.39, 0.29) is 11.7 Å². The van der Waals surface area contributed by atoms with Crippen molar-refractivity contribution in [1.82, 2.24) is 25.2 Å². The SMILES string of the molecule is CCCNN1CCC(n2cc3cc(NC(=O)c4cccc(C(F)(F)F)n4)c(OC)cc3n2)CC1. The number of rotatable bonds is 7. The van der Waals surface area contributed by atoms with E-state index < -0.39 is 17.8 Å². The fourth-order valence-electron chi connectivity index (χ4n) is 3.99. The number of hydrogen-bond donors (Lipinski definition) is 2. The van der Waals surface area contributed by atoms with Crippen LogP contribution in [0.4, 0.5) is 18.9 Å². The van der Waals surface area contributed by atoms with Crippen LogP contribution < -0.4 is 15.5 Å². The molecule has 0 aliphatic carbocycles. The number of piperidine rings is 1. The highest BCUT2D eigenvalue weighted by Crippen LogP contribution is 2.32. The monoisotopic (exact) mass is 476 g/mol. The predicted octanol–water partition coefficient (Wildman–Crippen LogP) is 4.26. The number of amides is 1. The van der Waals surface area contributed by atoms with E-state index in [4.69, 9.17) is 9.84 Å². The van der Waals surface area contributed by atoms with Gasteiger partial charge in [0.1, 0.15) is 17.1 Å². The Labute approximate surface area is 195 Å². The number of nitrogens with one attached hydrogen (secondary N) is 2. The summed E-state index contributed by atoms with van der Waals surface area (Å²) in [6, 6.07) is 6.88. The van der Waals surface area contributed by atoms with Crippen molar-refractivity contribution in [3.8, 4) is 5.75 Å². The quantitative estimate of drug-likeness (QED) is 0.530. The van der Waals surface area contributed by atoms with Gasteiger partial charge in [-0.3, -0.25) is 14.9 Å². The molecule has 0 radical (unpaired) electrons. The lowest BCUT2D eigenvalue weighted by atomic mass is 10.1. The van der Waals surface area contributed by atoms with Crippen LogP contribution in [0.3, 0.4) is 0 Å². The molecule has 0 spiro atoms. The van der Waals surface area contributed by atoms with Gasteiger partial charge in [-0.25, -0.2) is 9.99 Å². The molecular formula is C23H27F3N6O2. The Hall–Kier alpha value is -3.18. The molecule has 4 rings (SSSR count). The Morgan fingerprint density at radius 1 is 1.24 bits per heavy atom. The van der Waals surface area contributed by atoms with Gasteiger partial charge in [-0.15, -0.1) is 0 Å². The van der Waals surface area contributed by atoms with Crippen LogP contribution in [0.1, 0.15) is 48.4 Å². The van der Waals surface area contributed by atoms with E-state index in [0.717, 1.165) is 56.4 Å². The minimum Gasteiger partial charge on any atom is -0.494 e. The highest BCUT2D eigenvalue weighted by atomic mass is 19.4. The fraction of sp³-hybridized carbons (Fsp3) is 0.435. The second-order valence-electron chi connectivity index (χ2n) is 8.21. The number of anilines is 1. The first-order valence-corrected chi connectivity index (χ1v) is 11.2. The fourth-order valence-corrected chi connectivity index (χ4v) is 3.99. The number of pyridine rings is 1. The van der Waals surface area contributed by atoms with E-state index in [0.29, 0.717) is 17.0 Å². The molecule has 0 atom stereocenters. The van der Waals surface area contributed by atoms with Crippen molar-refractivity contribution >= 4 is 22.5 Å². The average Bonchev–Trinajstić information content (AvgIpc) is 3.25. The topological polar surface area (TPSA) is 84.3 Å². The number of hydrazine groups is 1. The summed E-state index contributed by atoms with van der Waals surface area (Å²) in [5.74, 6) is -0.403. The van der Waals surface area contributed by atoms with Gasteiger partial charge in [0.2, 0.25) is 0 Å². The second-order valence-corrected chi connectivity index (χ2v) is 8.21. The zero-order valence-electron chi connectivity index (χ0n) is 19.0. The molecule has 0 saturated carbocycles. The summed E-state index contributed by atoms with van der Waals surface area (Å²) in [7, 11) is 1.45. The molecule has 1 aliphatic rings. The first-order chi connectivity index (χ1) is 16.3. The van der Waals surface area contributed by atoms with Crippen molar-refractivity contribution < 1.29 is 22.7 Å². The van der Waals surface area contributed by atoms with Crippen molar-refractivity contribution in [2.45, 2.75) is 38.4 Å². The van der Waals surface area contributed by atoms with Gasteiger partial charge in [0.05, 0.1) is 24.4 Å². The highest BCUT2D eigenvalue weighted by Gasteiger charge is 2.33. The molecule has 3 heterocycles. The van der Waals surface area contributed by atoms with E-state index in [2.05, 4.69) is 27.7 Å². The standard InChI is InChI=1S/C23H27F3N6O2/c1-3-9-27-31-10-7-16(8-11-31)32-14-15-12-19(20(34-2)13-18(15)30-32)29-22(33)17-5-4-6-21(28-17)23(24,25)26/h4-6,12-14,16,27H,3,7-11H2,1-2H3,(H,29,33). The number of ether oxygens (including phenoxy) is 1. The first kappa shape index (κ1) is 24.0. The number of benzene rings is 1. The maximum Gasteiger partial charge on any atom is 0.433 e. The van der Waals surface area contributed by atoms with Gasteiger partial charge in [-0.2, -0.15) is 18.3 Å². The van der Waals surface area contributed by atoms with Gasteiger partial charge in [-0.05, 0) is 37.5 Å². The molecule has 1 aromatic carbocycles. The molecule has 34 heavy (non-hydrogen) atoms. The third kappa shape index (κ3) is 5.31. The summed E-state index contributed by atoms with van der Waals surface area (Å²) in [6.07, 6.45) is 0.269. The number of alkyl halides is 3. The van der Waals surface area contributed by atoms with Crippen molar-refractivity contribution in [2.24, 2.45) is 0 Å². The number of halogens is 3. The van der Waals surface area contributed by atoms with Crippen LogP contribution in [0.25, 0.3) is 10.9 Å². The lowest BCUT2D eigenvalue weighted by molar-refractivity contribution is -0.141. The highest BCUT2D eigenvalue weighted by molar-refractivity contribution is 6.05. The number of carbonyl (C=O) groups excluding carboxylic acids is 1. The molecule has 1 amide bonds. The molecule has 0 unspecified atom stereocenters. The van der Waals surface area contributed by atoms with E-state index in [1.807, 2.05) is 10.9 Å². The van der Waals surface area contributed by atoms with Crippen molar-refractivity contribution in [2.75, 3.05) is 32.1 Å².